The van der Waals surface area contributed by atoms with Crippen molar-refractivity contribution >= 4 is 29.0 Å². The molecule has 1 aromatic heterocycles. The maximum atomic E-state index is 13.8. The third kappa shape index (κ3) is 6.43. The van der Waals surface area contributed by atoms with E-state index >= 15 is 0 Å². The molecule has 228 valence electrons. The van der Waals surface area contributed by atoms with E-state index in [1.54, 1.807) is 39.9 Å². The lowest BCUT2D eigenvalue weighted by atomic mass is 9.97. The maximum absolute atomic E-state index is 13.8. The minimum absolute atomic E-state index is 0.0429. The Morgan fingerprint density at radius 2 is 1.61 bits per heavy atom. The topological polar surface area (TPSA) is 96.8 Å². The smallest absolute Gasteiger partial charge is 0.293 e. The summed E-state index contributed by atoms with van der Waals surface area (Å²) in [6.45, 7) is 12.6. The first-order chi connectivity index (χ1) is 21.1. The highest BCUT2D eigenvalue weighted by atomic mass is 16.5. The van der Waals surface area contributed by atoms with Crippen molar-refractivity contribution in [2.24, 2.45) is 0 Å². The second-order valence-corrected chi connectivity index (χ2v) is 11.8. The van der Waals surface area contributed by atoms with E-state index in [4.69, 9.17) is 9.72 Å². The molecule has 0 aliphatic carbocycles. The van der Waals surface area contributed by atoms with Crippen LogP contribution in [0.3, 0.4) is 0 Å². The summed E-state index contributed by atoms with van der Waals surface area (Å²) >= 11 is 0. The Morgan fingerprint density at radius 1 is 0.932 bits per heavy atom. The molecular formula is C35H39N5O4. The maximum Gasteiger partial charge on any atom is 0.293 e. The van der Waals surface area contributed by atoms with Gasteiger partial charge in [0.05, 0.1) is 18.9 Å². The zero-order valence-electron chi connectivity index (χ0n) is 26.0. The second-order valence-electron chi connectivity index (χ2n) is 11.8. The van der Waals surface area contributed by atoms with Crippen LogP contribution in [0.1, 0.15) is 54.0 Å². The lowest BCUT2D eigenvalue weighted by molar-refractivity contribution is 0.0303. The molecule has 9 nitrogen and oxygen atoms in total. The molecule has 1 fully saturated rings. The fraction of sp³-hybridized carbons (Fsp3) is 0.314. The first kappa shape index (κ1) is 30.7. The molecule has 2 heterocycles. The number of amides is 2. The third-order valence-corrected chi connectivity index (χ3v) is 7.72. The van der Waals surface area contributed by atoms with Crippen LogP contribution in [-0.2, 0) is 11.3 Å². The molecule has 0 unspecified atom stereocenters. The molecule has 0 radical (unpaired) electrons. The van der Waals surface area contributed by atoms with Crippen LogP contribution < -0.4 is 15.8 Å². The number of ether oxygens (including phenoxy) is 1. The Kier molecular flexibility index (Phi) is 8.96. The van der Waals surface area contributed by atoms with Crippen LogP contribution >= 0.6 is 0 Å². The van der Waals surface area contributed by atoms with E-state index in [0.717, 1.165) is 16.8 Å². The van der Waals surface area contributed by atoms with Gasteiger partial charge in [0.25, 0.3) is 17.4 Å². The van der Waals surface area contributed by atoms with Crippen LogP contribution in [0.25, 0.3) is 11.3 Å². The number of aromatic nitrogens is 2. The van der Waals surface area contributed by atoms with Crippen LogP contribution in [0.4, 0.5) is 17.2 Å². The summed E-state index contributed by atoms with van der Waals surface area (Å²) in [5.41, 5.74) is 4.13. The summed E-state index contributed by atoms with van der Waals surface area (Å²) in [6.07, 6.45) is 1.75. The second kappa shape index (κ2) is 12.9. The van der Waals surface area contributed by atoms with Crippen LogP contribution in [0.15, 0.2) is 83.8 Å². The van der Waals surface area contributed by atoms with Crippen molar-refractivity contribution in [1.82, 2.24) is 14.5 Å². The van der Waals surface area contributed by atoms with Gasteiger partial charge >= 0.3 is 0 Å². The van der Waals surface area contributed by atoms with Gasteiger partial charge in [-0.3, -0.25) is 14.4 Å². The van der Waals surface area contributed by atoms with Crippen LogP contribution in [0.5, 0.6) is 0 Å². The van der Waals surface area contributed by atoms with Gasteiger partial charge in [0.1, 0.15) is 0 Å². The van der Waals surface area contributed by atoms with E-state index in [0.29, 0.717) is 55.4 Å². The minimum atomic E-state index is -0.506. The Labute approximate surface area is 258 Å². The molecule has 0 spiro atoms. The van der Waals surface area contributed by atoms with Crippen molar-refractivity contribution in [3.05, 3.63) is 106 Å². The number of morpholine rings is 1. The van der Waals surface area contributed by atoms with Crippen molar-refractivity contribution in [1.29, 1.82) is 0 Å². The van der Waals surface area contributed by atoms with Crippen molar-refractivity contribution in [2.45, 2.75) is 46.7 Å². The number of nitrogens with zero attached hydrogens (tertiary/aromatic N) is 4. The van der Waals surface area contributed by atoms with Crippen molar-refractivity contribution in [3.8, 4) is 11.3 Å². The molecule has 1 aliphatic heterocycles. The minimum Gasteiger partial charge on any atom is -0.378 e. The Morgan fingerprint density at radius 3 is 2.25 bits per heavy atom. The molecule has 0 saturated carbocycles. The molecule has 2 amide bonds. The number of anilines is 3. The predicted molar refractivity (Wildman–Crippen MR) is 174 cm³/mol. The highest BCUT2D eigenvalue weighted by molar-refractivity contribution is 6.07. The van der Waals surface area contributed by atoms with Crippen molar-refractivity contribution in [2.75, 3.05) is 36.5 Å². The van der Waals surface area contributed by atoms with Gasteiger partial charge in [-0.05, 0) is 82.6 Å². The van der Waals surface area contributed by atoms with Crippen molar-refractivity contribution < 1.29 is 14.3 Å². The zero-order chi connectivity index (χ0) is 31.4. The molecule has 44 heavy (non-hydrogen) atoms. The Hall–Kier alpha value is -4.76. The summed E-state index contributed by atoms with van der Waals surface area (Å²) in [4.78, 5) is 48.3. The van der Waals surface area contributed by atoms with Crippen molar-refractivity contribution in [3.63, 3.8) is 0 Å². The molecule has 4 aromatic rings. The SMILES string of the molecule is CCn1cc(-c2cccc(N(C(=O)c3ccccc3)C(C)(C)C)c2C)nc(Nc2ccc(C(=O)N3CCOCC3)cc2)c1=O. The van der Waals surface area contributed by atoms with Crippen LogP contribution in [0.2, 0.25) is 0 Å². The summed E-state index contributed by atoms with van der Waals surface area (Å²) in [7, 11) is 0. The lowest BCUT2D eigenvalue weighted by Gasteiger charge is -2.37. The summed E-state index contributed by atoms with van der Waals surface area (Å²) < 4.78 is 6.97. The van der Waals surface area contributed by atoms with E-state index in [2.05, 4.69) is 5.32 Å². The lowest BCUT2D eigenvalue weighted by Crippen LogP contribution is -2.46. The largest absolute Gasteiger partial charge is 0.378 e. The number of aryl methyl sites for hydroxylation is 1. The fourth-order valence-corrected chi connectivity index (χ4v) is 5.40. The molecule has 5 rings (SSSR count). The Balaban J connectivity index is 1.49. The van der Waals surface area contributed by atoms with E-state index in [9.17, 15) is 14.4 Å². The van der Waals surface area contributed by atoms with Gasteiger partial charge in [-0.15, -0.1) is 0 Å². The fourth-order valence-electron chi connectivity index (χ4n) is 5.40. The highest BCUT2D eigenvalue weighted by Crippen LogP contribution is 2.34. The van der Waals surface area contributed by atoms with E-state index in [-0.39, 0.29) is 23.2 Å². The average molecular weight is 594 g/mol. The normalized spacial score (nSPS) is 13.4. The summed E-state index contributed by atoms with van der Waals surface area (Å²) in [5.74, 6) is 0.0379. The van der Waals surface area contributed by atoms with E-state index < -0.39 is 5.54 Å². The number of benzene rings is 3. The third-order valence-electron chi connectivity index (χ3n) is 7.72. The first-order valence-electron chi connectivity index (χ1n) is 14.9. The standard InChI is InChI=1S/C35H39N5O4/c1-6-38-23-29(28-13-10-14-30(24(28)2)40(35(3,4)5)33(42)25-11-8-7-9-12-25)37-31(34(38)43)36-27-17-15-26(16-18-27)32(41)39-19-21-44-22-20-39/h7-18,23H,6,19-22H2,1-5H3,(H,36,37). The monoisotopic (exact) mass is 593 g/mol. The number of nitrogens with one attached hydrogen (secondary N) is 1. The number of carbonyl (C=O) groups is 2. The zero-order valence-corrected chi connectivity index (χ0v) is 26.0. The van der Waals surface area contributed by atoms with Gasteiger partial charge in [-0.1, -0.05) is 30.3 Å². The molecule has 3 aromatic carbocycles. The molecule has 0 atom stereocenters. The van der Waals surface area contributed by atoms with Gasteiger partial charge in [-0.2, -0.15) is 0 Å². The van der Waals surface area contributed by atoms with E-state index in [1.807, 2.05) is 88.0 Å². The molecule has 1 N–H and O–H groups in total. The average Bonchev–Trinajstić information content (AvgIpc) is 3.03. The number of hydrogen-bond acceptors (Lipinski definition) is 6. The summed E-state index contributed by atoms with van der Waals surface area (Å²) in [5, 5.41) is 3.17. The van der Waals surface area contributed by atoms with Crippen LogP contribution in [-0.4, -0.2) is 58.1 Å². The summed E-state index contributed by atoms with van der Waals surface area (Å²) in [6, 6.07) is 22.1. The predicted octanol–water partition coefficient (Wildman–Crippen LogP) is 5.90. The molecular weight excluding hydrogens is 554 g/mol. The highest BCUT2D eigenvalue weighted by Gasteiger charge is 2.31. The Bertz CT molecular complexity index is 1700. The van der Waals surface area contributed by atoms with Gasteiger partial charge in [0.15, 0.2) is 5.82 Å². The number of hydrogen-bond donors (Lipinski definition) is 1. The molecule has 1 saturated heterocycles. The molecule has 9 heteroatoms. The molecule has 0 bridgehead atoms. The first-order valence-corrected chi connectivity index (χ1v) is 14.9. The quantitative estimate of drug-likeness (QED) is 0.287. The van der Waals surface area contributed by atoms with Crippen LogP contribution in [0, 0.1) is 6.92 Å². The number of carbonyl (C=O) groups excluding carboxylic acids is 2. The van der Waals surface area contributed by atoms with Gasteiger partial charge in [0.2, 0.25) is 0 Å². The van der Waals surface area contributed by atoms with E-state index in [1.165, 1.54) is 0 Å². The van der Waals surface area contributed by atoms with Gasteiger partial charge in [-0.25, -0.2) is 4.98 Å². The van der Waals surface area contributed by atoms with Gasteiger partial charge < -0.3 is 24.4 Å². The molecule has 1 aliphatic rings. The van der Waals surface area contributed by atoms with Gasteiger partial charge in [0, 0.05) is 59.4 Å². The number of rotatable bonds is 7.